The Bertz CT molecular complexity index is 1160. The van der Waals surface area contributed by atoms with Crippen molar-refractivity contribution in [2.45, 2.75) is 46.5 Å². The van der Waals surface area contributed by atoms with Gasteiger partial charge < -0.3 is 18.8 Å². The molecule has 150 valence electrons. The number of aromatic amines is 1. The molecule has 3 aromatic heterocycles. The summed E-state index contributed by atoms with van der Waals surface area (Å²) in [5.41, 5.74) is 7.74. The van der Waals surface area contributed by atoms with Gasteiger partial charge in [-0.05, 0) is 58.2 Å². The van der Waals surface area contributed by atoms with Gasteiger partial charge in [-0.15, -0.1) is 0 Å². The van der Waals surface area contributed by atoms with E-state index >= 15 is 0 Å². The molecule has 0 unspecified atom stereocenters. The van der Waals surface area contributed by atoms with Gasteiger partial charge in [-0.2, -0.15) is 0 Å². The van der Waals surface area contributed by atoms with E-state index in [2.05, 4.69) is 27.4 Å². The topological polar surface area (TPSA) is 90.0 Å². The highest BCUT2D eigenvalue weighted by Crippen LogP contribution is 2.39. The fraction of sp³-hybridized carbons (Fsp3) is 0.409. The zero-order valence-corrected chi connectivity index (χ0v) is 17.1. The van der Waals surface area contributed by atoms with Gasteiger partial charge in [0.2, 0.25) is 0 Å². The van der Waals surface area contributed by atoms with Crippen LogP contribution in [0.2, 0.25) is 0 Å². The molecule has 1 N–H and O–H groups in total. The molecule has 1 aliphatic heterocycles. The third kappa shape index (κ3) is 2.97. The first-order chi connectivity index (χ1) is 14.0. The minimum atomic E-state index is 0.385. The molecule has 1 saturated heterocycles. The largest absolute Gasteiger partial charge is 0.381 e. The van der Waals surface area contributed by atoms with Crippen LogP contribution in [0.1, 0.15) is 47.5 Å². The lowest BCUT2D eigenvalue weighted by molar-refractivity contribution is 0.0838. The maximum Gasteiger partial charge on any atom is 0.141 e. The Morgan fingerprint density at radius 2 is 1.55 bits per heavy atom. The summed E-state index contributed by atoms with van der Waals surface area (Å²) in [6.07, 6.45) is 1.97. The SMILES string of the molecule is Cc1noc(C)c1-c1cc(-c2c(C)noc2C)c2nc(C3CCOCC3)[nH]c2c1. The molecule has 1 aromatic carbocycles. The van der Waals surface area contributed by atoms with Crippen LogP contribution >= 0.6 is 0 Å². The minimum Gasteiger partial charge on any atom is -0.381 e. The molecule has 1 aliphatic rings. The second kappa shape index (κ2) is 6.84. The van der Waals surface area contributed by atoms with Crippen molar-refractivity contribution in [1.29, 1.82) is 0 Å². The molecule has 4 aromatic rings. The number of nitrogens with one attached hydrogen (secondary N) is 1. The summed E-state index contributed by atoms with van der Waals surface area (Å²) in [6.45, 7) is 9.37. The van der Waals surface area contributed by atoms with E-state index in [1.54, 1.807) is 0 Å². The summed E-state index contributed by atoms with van der Waals surface area (Å²) in [5.74, 6) is 2.99. The van der Waals surface area contributed by atoms with Crippen LogP contribution in [0.25, 0.3) is 33.3 Å². The van der Waals surface area contributed by atoms with Crippen LogP contribution in [0.4, 0.5) is 0 Å². The van der Waals surface area contributed by atoms with Crippen molar-refractivity contribution in [2.75, 3.05) is 13.2 Å². The zero-order valence-electron chi connectivity index (χ0n) is 17.1. The lowest BCUT2D eigenvalue weighted by Gasteiger charge is -2.19. The Balaban J connectivity index is 1.76. The maximum absolute atomic E-state index is 5.52. The number of rotatable bonds is 3. The van der Waals surface area contributed by atoms with E-state index in [9.17, 15) is 0 Å². The Morgan fingerprint density at radius 3 is 2.17 bits per heavy atom. The average Bonchev–Trinajstić information content (AvgIpc) is 3.39. The van der Waals surface area contributed by atoms with Gasteiger partial charge in [0.15, 0.2) is 0 Å². The van der Waals surface area contributed by atoms with E-state index in [0.29, 0.717) is 5.92 Å². The van der Waals surface area contributed by atoms with Gasteiger partial charge in [0.05, 0.1) is 22.4 Å². The van der Waals surface area contributed by atoms with Gasteiger partial charge in [-0.25, -0.2) is 4.98 Å². The third-order valence-electron chi connectivity index (χ3n) is 5.84. The molecule has 7 heteroatoms. The molecule has 0 atom stereocenters. The van der Waals surface area contributed by atoms with Gasteiger partial charge in [-0.1, -0.05) is 10.3 Å². The molecular formula is C22H24N4O3. The van der Waals surface area contributed by atoms with Gasteiger partial charge >= 0.3 is 0 Å². The van der Waals surface area contributed by atoms with Crippen molar-refractivity contribution < 1.29 is 13.8 Å². The van der Waals surface area contributed by atoms with E-state index in [4.69, 9.17) is 18.8 Å². The van der Waals surface area contributed by atoms with Crippen molar-refractivity contribution >= 4 is 11.0 Å². The monoisotopic (exact) mass is 392 g/mol. The summed E-state index contributed by atoms with van der Waals surface area (Å²) < 4.78 is 16.4. The number of aromatic nitrogens is 4. The Hall–Kier alpha value is -2.93. The second-order valence-electron chi connectivity index (χ2n) is 7.83. The lowest BCUT2D eigenvalue weighted by Crippen LogP contribution is -2.15. The molecule has 0 aliphatic carbocycles. The first kappa shape index (κ1) is 18.1. The Labute approximate surface area is 168 Å². The predicted octanol–water partition coefficient (Wildman–Crippen LogP) is 5.00. The Morgan fingerprint density at radius 1 is 0.897 bits per heavy atom. The highest BCUT2D eigenvalue weighted by atomic mass is 16.5. The highest BCUT2D eigenvalue weighted by Gasteiger charge is 2.24. The van der Waals surface area contributed by atoms with E-state index < -0.39 is 0 Å². The van der Waals surface area contributed by atoms with Gasteiger partial charge in [0.1, 0.15) is 17.3 Å². The molecule has 4 heterocycles. The molecule has 0 radical (unpaired) electrons. The highest BCUT2D eigenvalue weighted by molar-refractivity contribution is 5.97. The first-order valence-corrected chi connectivity index (χ1v) is 10.0. The van der Waals surface area contributed by atoms with Crippen LogP contribution in [0, 0.1) is 27.7 Å². The number of H-pyrrole nitrogens is 1. The summed E-state index contributed by atoms with van der Waals surface area (Å²) in [6, 6.07) is 4.29. The van der Waals surface area contributed by atoms with Gasteiger partial charge in [-0.3, -0.25) is 0 Å². The van der Waals surface area contributed by atoms with E-state index in [-0.39, 0.29) is 0 Å². The fourth-order valence-electron chi connectivity index (χ4n) is 4.40. The number of ether oxygens (including phenoxy) is 1. The minimum absolute atomic E-state index is 0.385. The van der Waals surface area contributed by atoms with Crippen LogP contribution in [-0.2, 0) is 4.74 Å². The molecule has 0 bridgehead atoms. The standard InChI is InChI=1S/C22H24N4O3/c1-11-19(13(3)28-25-11)16-9-17(20-12(2)26-29-14(20)4)21-18(10-16)23-22(24-21)15-5-7-27-8-6-15/h9-10,15H,5-8H2,1-4H3,(H,23,24). The molecule has 0 saturated carbocycles. The van der Waals surface area contributed by atoms with Crippen LogP contribution < -0.4 is 0 Å². The van der Waals surface area contributed by atoms with Crippen LogP contribution in [0.5, 0.6) is 0 Å². The van der Waals surface area contributed by atoms with Crippen molar-refractivity contribution in [3.8, 4) is 22.3 Å². The summed E-state index contributed by atoms with van der Waals surface area (Å²) in [5, 5.41) is 8.30. The molecular weight excluding hydrogens is 368 g/mol. The normalized spacial score (nSPS) is 15.4. The molecule has 0 spiro atoms. The summed E-state index contributed by atoms with van der Waals surface area (Å²) in [4.78, 5) is 8.60. The average molecular weight is 392 g/mol. The second-order valence-corrected chi connectivity index (χ2v) is 7.83. The van der Waals surface area contributed by atoms with Gasteiger partial charge in [0, 0.05) is 35.8 Å². The Kier molecular flexibility index (Phi) is 4.28. The van der Waals surface area contributed by atoms with Crippen LogP contribution in [0.15, 0.2) is 21.2 Å². The van der Waals surface area contributed by atoms with Gasteiger partial charge in [0.25, 0.3) is 0 Å². The zero-order chi connectivity index (χ0) is 20.1. The molecule has 7 nitrogen and oxygen atoms in total. The van der Waals surface area contributed by atoms with Crippen molar-refractivity contribution in [2.24, 2.45) is 0 Å². The molecule has 1 fully saturated rings. The number of hydrogen-bond donors (Lipinski definition) is 1. The molecule has 0 amide bonds. The van der Waals surface area contributed by atoms with Crippen molar-refractivity contribution in [3.05, 3.63) is 40.9 Å². The summed E-state index contributed by atoms with van der Waals surface area (Å²) in [7, 11) is 0. The van der Waals surface area contributed by atoms with E-state index in [1.165, 1.54) is 0 Å². The lowest BCUT2D eigenvalue weighted by atomic mass is 9.96. The predicted molar refractivity (Wildman–Crippen MR) is 109 cm³/mol. The number of aryl methyl sites for hydroxylation is 4. The maximum atomic E-state index is 5.52. The first-order valence-electron chi connectivity index (χ1n) is 10.0. The number of imidazole rings is 1. The van der Waals surface area contributed by atoms with E-state index in [0.717, 1.165) is 88.1 Å². The smallest absolute Gasteiger partial charge is 0.141 e. The summed E-state index contributed by atoms with van der Waals surface area (Å²) >= 11 is 0. The third-order valence-corrected chi connectivity index (χ3v) is 5.84. The quantitative estimate of drug-likeness (QED) is 0.528. The van der Waals surface area contributed by atoms with E-state index in [1.807, 2.05) is 27.7 Å². The van der Waals surface area contributed by atoms with Crippen molar-refractivity contribution in [3.63, 3.8) is 0 Å². The molecule has 5 rings (SSSR count). The fourth-order valence-corrected chi connectivity index (χ4v) is 4.40. The molecule has 29 heavy (non-hydrogen) atoms. The van der Waals surface area contributed by atoms with Crippen molar-refractivity contribution in [1.82, 2.24) is 20.3 Å². The number of nitrogens with zero attached hydrogens (tertiary/aromatic N) is 3. The number of hydrogen-bond acceptors (Lipinski definition) is 6. The number of benzene rings is 1. The number of fused-ring (bicyclic) bond motifs is 1. The van der Waals surface area contributed by atoms with Crippen LogP contribution in [0.3, 0.4) is 0 Å². The van der Waals surface area contributed by atoms with Crippen LogP contribution in [-0.4, -0.2) is 33.5 Å².